The average molecular weight is 548 g/mol. The van der Waals surface area contributed by atoms with Crippen LogP contribution in [0.15, 0.2) is 48.5 Å². The molecule has 2 aromatic carbocycles. The monoisotopic (exact) mass is 547 g/mol. The maximum atomic E-state index is 14.1. The number of halogens is 3. The number of nitrogens with zero attached hydrogens (tertiary/aromatic N) is 3. The van der Waals surface area contributed by atoms with Gasteiger partial charge in [-0.05, 0) is 43.2 Å². The molecule has 3 atom stereocenters. The summed E-state index contributed by atoms with van der Waals surface area (Å²) in [6, 6.07) is 13.1. The van der Waals surface area contributed by atoms with Gasteiger partial charge in [-0.25, -0.2) is 13.5 Å². The summed E-state index contributed by atoms with van der Waals surface area (Å²) < 4.78 is 40.3. The summed E-state index contributed by atoms with van der Waals surface area (Å²) in [7, 11) is 3.10. The zero-order valence-corrected chi connectivity index (χ0v) is 22.3. The van der Waals surface area contributed by atoms with Crippen LogP contribution in [-0.2, 0) is 0 Å². The molecule has 0 aliphatic carbocycles. The van der Waals surface area contributed by atoms with Gasteiger partial charge in [-0.3, -0.25) is 4.79 Å². The van der Waals surface area contributed by atoms with Gasteiger partial charge in [-0.15, -0.1) is 12.4 Å². The number of hydrogen-bond donors (Lipinski definition) is 2. The van der Waals surface area contributed by atoms with Crippen molar-refractivity contribution in [3.63, 3.8) is 0 Å². The van der Waals surface area contributed by atoms with Crippen molar-refractivity contribution in [2.24, 2.45) is 0 Å². The van der Waals surface area contributed by atoms with Crippen LogP contribution < -0.4 is 20.1 Å². The molecule has 1 fully saturated rings. The molecule has 5 rings (SSSR count). The van der Waals surface area contributed by atoms with Gasteiger partial charge in [0.1, 0.15) is 11.9 Å². The van der Waals surface area contributed by atoms with E-state index in [-0.39, 0.29) is 36.8 Å². The summed E-state index contributed by atoms with van der Waals surface area (Å²) in [6.07, 6.45) is -2.42. The maximum Gasteiger partial charge on any atom is 0.260 e. The molecular weight excluding hydrogens is 516 g/mol. The van der Waals surface area contributed by atoms with E-state index in [1.165, 1.54) is 4.68 Å². The lowest BCUT2D eigenvalue weighted by Gasteiger charge is -2.34. The minimum Gasteiger partial charge on any atom is -0.493 e. The van der Waals surface area contributed by atoms with Crippen molar-refractivity contribution >= 4 is 24.1 Å². The Balaban J connectivity index is 0.00000336. The zero-order chi connectivity index (χ0) is 26.1. The highest BCUT2D eigenvalue weighted by molar-refractivity contribution is 5.95. The van der Waals surface area contributed by atoms with Gasteiger partial charge < -0.3 is 25.0 Å². The lowest BCUT2D eigenvalue weighted by atomic mass is 9.97. The molecule has 2 aliphatic heterocycles. The number of carbonyl (C=O) groups is 1. The van der Waals surface area contributed by atoms with Crippen molar-refractivity contribution in [2.45, 2.75) is 37.9 Å². The van der Waals surface area contributed by atoms with Gasteiger partial charge in [0.05, 0.1) is 26.0 Å². The van der Waals surface area contributed by atoms with Gasteiger partial charge in [0, 0.05) is 42.9 Å². The van der Waals surface area contributed by atoms with Gasteiger partial charge >= 0.3 is 0 Å². The summed E-state index contributed by atoms with van der Waals surface area (Å²) in [6.45, 7) is 4.23. The molecule has 2 N–H and O–H groups in total. The topological polar surface area (TPSA) is 80.7 Å². The number of carbonyl (C=O) groups excluding carboxylic acids is 1. The second-order valence-corrected chi connectivity index (χ2v) is 9.44. The van der Waals surface area contributed by atoms with Crippen LogP contribution >= 0.6 is 12.4 Å². The summed E-state index contributed by atoms with van der Waals surface area (Å²) in [5, 5.41) is 11.2. The highest BCUT2D eigenvalue weighted by atomic mass is 35.5. The Hall–Kier alpha value is -3.37. The van der Waals surface area contributed by atoms with E-state index in [0.29, 0.717) is 35.1 Å². The number of piperazine rings is 1. The van der Waals surface area contributed by atoms with E-state index >= 15 is 0 Å². The normalized spacial score (nSPS) is 20.8. The Morgan fingerprint density at radius 1 is 1.08 bits per heavy atom. The van der Waals surface area contributed by atoms with Crippen molar-refractivity contribution in [2.75, 3.05) is 39.2 Å². The molecule has 204 valence electrons. The largest absolute Gasteiger partial charge is 0.493 e. The van der Waals surface area contributed by atoms with E-state index in [1.54, 1.807) is 44.6 Å². The number of anilines is 1. The quantitative estimate of drug-likeness (QED) is 0.462. The Labute approximate surface area is 226 Å². The molecular formula is C27H32ClF2N5O3. The third-order valence-electron chi connectivity index (χ3n) is 7.14. The highest BCUT2D eigenvalue weighted by Gasteiger charge is 2.35. The lowest BCUT2D eigenvalue weighted by Crippen LogP contribution is -2.52. The molecule has 3 aromatic rings. The Bertz CT molecular complexity index is 1270. The van der Waals surface area contributed by atoms with Gasteiger partial charge in [-0.2, -0.15) is 5.10 Å². The van der Waals surface area contributed by atoms with Crippen LogP contribution in [0.25, 0.3) is 11.3 Å². The zero-order valence-electron chi connectivity index (χ0n) is 21.5. The van der Waals surface area contributed by atoms with Crippen molar-refractivity contribution in [1.29, 1.82) is 0 Å². The smallest absolute Gasteiger partial charge is 0.260 e. The van der Waals surface area contributed by atoms with Crippen LogP contribution in [-0.4, -0.2) is 66.9 Å². The van der Waals surface area contributed by atoms with E-state index < -0.39 is 12.5 Å². The van der Waals surface area contributed by atoms with E-state index in [4.69, 9.17) is 9.47 Å². The van der Waals surface area contributed by atoms with Crippen molar-refractivity contribution in [3.8, 4) is 22.8 Å². The number of amides is 1. The van der Waals surface area contributed by atoms with Crippen molar-refractivity contribution in [1.82, 2.24) is 20.0 Å². The molecule has 2 aliphatic rings. The van der Waals surface area contributed by atoms with Crippen LogP contribution in [0.3, 0.4) is 0 Å². The molecule has 0 bridgehead atoms. The van der Waals surface area contributed by atoms with E-state index in [2.05, 4.69) is 15.7 Å². The SMILES string of the molecule is COc1ccc(C2CC(C(F)F)n3nc(-c4ccc(C(=O)N5CCNC[C@@H]5C)cc4)cc3N2)cc1OC.Cl. The molecule has 2 unspecified atom stereocenters. The average Bonchev–Trinajstić information content (AvgIpc) is 3.36. The van der Waals surface area contributed by atoms with Crippen LogP contribution in [0, 0.1) is 0 Å². The standard InChI is InChI=1S/C27H31F2N5O3.ClH/c1-16-15-30-10-11-33(16)27(35)18-6-4-17(5-7-18)21-14-25-31-20(13-22(26(28)29)34(25)32-21)19-8-9-23(36-2)24(12-19)37-3;/h4-9,12,14,16,20,22,26,30-31H,10-11,13,15H2,1-3H3;1H/t16-,20?,22?;/m0./s1. The fourth-order valence-corrected chi connectivity index (χ4v) is 5.07. The minimum absolute atomic E-state index is 0. The number of rotatable bonds is 6. The Morgan fingerprint density at radius 3 is 2.47 bits per heavy atom. The number of methoxy groups -OCH3 is 2. The molecule has 1 amide bonds. The van der Waals surface area contributed by atoms with E-state index in [9.17, 15) is 13.6 Å². The predicted octanol–water partition coefficient (Wildman–Crippen LogP) is 4.79. The van der Waals surface area contributed by atoms with Crippen LogP contribution in [0.1, 0.15) is 41.3 Å². The van der Waals surface area contributed by atoms with Crippen LogP contribution in [0.2, 0.25) is 0 Å². The first-order valence-electron chi connectivity index (χ1n) is 12.4. The fraction of sp³-hybridized carbons (Fsp3) is 0.407. The molecule has 8 nitrogen and oxygen atoms in total. The minimum atomic E-state index is -2.59. The van der Waals surface area contributed by atoms with Gasteiger partial charge in [0.2, 0.25) is 0 Å². The number of benzene rings is 2. The second kappa shape index (κ2) is 11.6. The first-order valence-corrected chi connectivity index (χ1v) is 12.4. The summed E-state index contributed by atoms with van der Waals surface area (Å²) >= 11 is 0. The predicted molar refractivity (Wildman–Crippen MR) is 144 cm³/mol. The molecule has 38 heavy (non-hydrogen) atoms. The maximum absolute atomic E-state index is 14.1. The van der Waals surface area contributed by atoms with Crippen molar-refractivity contribution < 1.29 is 23.0 Å². The van der Waals surface area contributed by atoms with Gasteiger partial charge in [0.25, 0.3) is 12.3 Å². The number of aromatic nitrogens is 2. The highest BCUT2D eigenvalue weighted by Crippen LogP contribution is 2.41. The van der Waals surface area contributed by atoms with E-state index in [0.717, 1.165) is 24.2 Å². The van der Waals surface area contributed by atoms with Gasteiger partial charge in [0.15, 0.2) is 11.5 Å². The fourth-order valence-electron chi connectivity index (χ4n) is 5.07. The van der Waals surface area contributed by atoms with Crippen molar-refractivity contribution in [3.05, 3.63) is 59.7 Å². The van der Waals surface area contributed by atoms with Crippen LogP contribution in [0.5, 0.6) is 11.5 Å². The summed E-state index contributed by atoms with van der Waals surface area (Å²) in [5.74, 6) is 1.62. The Morgan fingerprint density at radius 2 is 1.82 bits per heavy atom. The first-order chi connectivity index (χ1) is 17.9. The van der Waals surface area contributed by atoms with Crippen LogP contribution in [0.4, 0.5) is 14.6 Å². The number of hydrogen-bond acceptors (Lipinski definition) is 6. The molecule has 1 aromatic heterocycles. The third-order valence-corrected chi connectivity index (χ3v) is 7.14. The molecule has 0 saturated carbocycles. The number of nitrogens with one attached hydrogen (secondary N) is 2. The molecule has 3 heterocycles. The molecule has 0 spiro atoms. The first kappa shape index (κ1) is 27.7. The lowest BCUT2D eigenvalue weighted by molar-refractivity contribution is 0.0652. The Kier molecular flexibility index (Phi) is 8.42. The summed E-state index contributed by atoms with van der Waals surface area (Å²) in [5.41, 5.74) is 2.74. The third kappa shape index (κ3) is 5.28. The molecule has 11 heteroatoms. The van der Waals surface area contributed by atoms with E-state index in [1.807, 2.05) is 30.0 Å². The molecule has 0 radical (unpaired) electrons. The summed E-state index contributed by atoms with van der Waals surface area (Å²) in [4.78, 5) is 14.8. The molecule has 1 saturated heterocycles. The second-order valence-electron chi connectivity index (χ2n) is 9.44. The number of alkyl halides is 2. The number of ether oxygens (including phenoxy) is 2. The van der Waals surface area contributed by atoms with Gasteiger partial charge in [-0.1, -0.05) is 18.2 Å². The number of fused-ring (bicyclic) bond motifs is 1.